The Morgan fingerprint density at radius 2 is 2.10 bits per heavy atom. The molecule has 0 saturated carbocycles. The summed E-state index contributed by atoms with van der Waals surface area (Å²) >= 11 is 3.40. The van der Waals surface area contributed by atoms with E-state index in [0.717, 1.165) is 10.0 Å². The number of rotatable bonds is 4. The molecule has 1 aromatic rings. The lowest BCUT2D eigenvalue weighted by molar-refractivity contribution is -0.132. The number of carbonyl (C=O) groups is 2. The van der Waals surface area contributed by atoms with Gasteiger partial charge < -0.3 is 5.32 Å². The molecule has 1 aliphatic rings. The Morgan fingerprint density at radius 3 is 2.65 bits per heavy atom. The second-order valence-corrected chi connectivity index (χ2v) is 5.86. The SMILES string of the molecule is C[C@H](C(=O)N1CCNC1=O)N(C)Cc1ccc(Br)cc1. The van der Waals surface area contributed by atoms with Gasteiger partial charge in [-0.25, -0.2) is 4.79 Å². The number of nitrogens with zero attached hydrogens (tertiary/aromatic N) is 2. The standard InChI is InChI=1S/C14H18BrN3O2/c1-10(13(19)18-8-7-16-14(18)20)17(2)9-11-3-5-12(15)6-4-11/h3-6,10H,7-9H2,1-2H3,(H,16,20)/t10-/m1/s1. The van der Waals surface area contributed by atoms with Crippen LogP contribution in [0.25, 0.3) is 0 Å². The summed E-state index contributed by atoms with van der Waals surface area (Å²) in [4.78, 5) is 27.0. The number of hydrogen-bond donors (Lipinski definition) is 1. The van der Waals surface area contributed by atoms with Crippen molar-refractivity contribution in [2.75, 3.05) is 20.1 Å². The topological polar surface area (TPSA) is 52.7 Å². The van der Waals surface area contributed by atoms with Crippen molar-refractivity contribution in [3.63, 3.8) is 0 Å². The molecule has 0 aromatic heterocycles. The van der Waals surface area contributed by atoms with E-state index in [0.29, 0.717) is 19.6 Å². The average Bonchev–Trinajstić information content (AvgIpc) is 2.86. The minimum Gasteiger partial charge on any atom is -0.336 e. The van der Waals surface area contributed by atoms with E-state index in [4.69, 9.17) is 0 Å². The van der Waals surface area contributed by atoms with Gasteiger partial charge in [0.05, 0.1) is 6.04 Å². The Bertz CT molecular complexity index is 504. The van der Waals surface area contributed by atoms with Crippen molar-refractivity contribution in [1.82, 2.24) is 15.1 Å². The zero-order chi connectivity index (χ0) is 14.7. The molecule has 1 aliphatic heterocycles. The Balaban J connectivity index is 1.97. The van der Waals surface area contributed by atoms with Crippen LogP contribution in [0, 0.1) is 0 Å². The molecular formula is C14H18BrN3O2. The fourth-order valence-electron chi connectivity index (χ4n) is 2.11. The van der Waals surface area contributed by atoms with Gasteiger partial charge in [0.1, 0.15) is 0 Å². The molecule has 3 amide bonds. The number of benzene rings is 1. The predicted octanol–water partition coefficient (Wildman–Crippen LogP) is 1.82. The van der Waals surface area contributed by atoms with Gasteiger partial charge in [-0.2, -0.15) is 0 Å². The lowest BCUT2D eigenvalue weighted by atomic mass is 10.2. The first kappa shape index (κ1) is 15.0. The van der Waals surface area contributed by atoms with Gasteiger partial charge in [-0.15, -0.1) is 0 Å². The van der Waals surface area contributed by atoms with Crippen LogP contribution in [-0.4, -0.2) is 47.9 Å². The van der Waals surface area contributed by atoms with E-state index in [-0.39, 0.29) is 18.0 Å². The molecule has 0 unspecified atom stereocenters. The number of hydrogen-bond acceptors (Lipinski definition) is 3. The Morgan fingerprint density at radius 1 is 1.45 bits per heavy atom. The van der Waals surface area contributed by atoms with E-state index in [1.54, 1.807) is 0 Å². The molecule has 0 radical (unpaired) electrons. The van der Waals surface area contributed by atoms with Crippen molar-refractivity contribution < 1.29 is 9.59 Å². The number of likely N-dealkylation sites (N-methyl/N-ethyl adjacent to an activating group) is 1. The van der Waals surface area contributed by atoms with Crippen molar-refractivity contribution in [2.45, 2.75) is 19.5 Å². The van der Waals surface area contributed by atoms with Crippen molar-refractivity contribution >= 4 is 27.9 Å². The average molecular weight is 340 g/mol. The van der Waals surface area contributed by atoms with Crippen LogP contribution in [0.15, 0.2) is 28.7 Å². The van der Waals surface area contributed by atoms with Crippen LogP contribution < -0.4 is 5.32 Å². The molecule has 1 heterocycles. The maximum absolute atomic E-state index is 12.3. The van der Waals surface area contributed by atoms with E-state index in [1.165, 1.54) is 4.90 Å². The zero-order valence-corrected chi connectivity index (χ0v) is 13.2. The van der Waals surface area contributed by atoms with Crippen LogP contribution >= 0.6 is 15.9 Å². The monoisotopic (exact) mass is 339 g/mol. The fourth-order valence-corrected chi connectivity index (χ4v) is 2.38. The molecule has 1 atom stereocenters. The van der Waals surface area contributed by atoms with E-state index >= 15 is 0 Å². The third-order valence-electron chi connectivity index (χ3n) is 3.49. The zero-order valence-electron chi connectivity index (χ0n) is 11.6. The van der Waals surface area contributed by atoms with Crippen molar-refractivity contribution in [2.24, 2.45) is 0 Å². The van der Waals surface area contributed by atoms with E-state index in [2.05, 4.69) is 21.2 Å². The minimum absolute atomic E-state index is 0.153. The number of amides is 3. The first-order valence-electron chi connectivity index (χ1n) is 6.53. The molecule has 0 aliphatic carbocycles. The van der Waals surface area contributed by atoms with E-state index < -0.39 is 0 Å². The highest BCUT2D eigenvalue weighted by Gasteiger charge is 2.31. The number of nitrogens with one attached hydrogen (secondary N) is 1. The van der Waals surface area contributed by atoms with Gasteiger partial charge in [0.25, 0.3) is 0 Å². The third-order valence-corrected chi connectivity index (χ3v) is 4.02. The van der Waals surface area contributed by atoms with Gasteiger partial charge in [0.2, 0.25) is 5.91 Å². The van der Waals surface area contributed by atoms with E-state index in [9.17, 15) is 9.59 Å². The third kappa shape index (κ3) is 3.37. The summed E-state index contributed by atoms with van der Waals surface area (Å²) in [6.07, 6.45) is 0. The second-order valence-electron chi connectivity index (χ2n) is 4.94. The van der Waals surface area contributed by atoms with Crippen LogP contribution in [0.2, 0.25) is 0 Å². The Hall–Kier alpha value is -1.40. The number of carbonyl (C=O) groups excluding carboxylic acids is 2. The van der Waals surface area contributed by atoms with Gasteiger partial charge in [-0.05, 0) is 31.7 Å². The molecule has 5 nitrogen and oxygen atoms in total. The Kier molecular flexibility index (Phi) is 4.77. The highest BCUT2D eigenvalue weighted by Crippen LogP contribution is 2.14. The van der Waals surface area contributed by atoms with Crippen LogP contribution in [0.3, 0.4) is 0 Å². The highest BCUT2D eigenvalue weighted by molar-refractivity contribution is 9.10. The maximum atomic E-state index is 12.3. The fraction of sp³-hybridized carbons (Fsp3) is 0.429. The number of halogens is 1. The summed E-state index contributed by atoms with van der Waals surface area (Å²) < 4.78 is 1.03. The summed E-state index contributed by atoms with van der Waals surface area (Å²) in [5.74, 6) is -0.153. The number of urea groups is 1. The van der Waals surface area contributed by atoms with Crippen molar-refractivity contribution in [3.05, 3.63) is 34.3 Å². The summed E-state index contributed by atoms with van der Waals surface area (Å²) in [7, 11) is 1.89. The van der Waals surface area contributed by atoms with Crippen LogP contribution in [0.1, 0.15) is 12.5 Å². The second kappa shape index (κ2) is 6.37. The first-order valence-corrected chi connectivity index (χ1v) is 7.32. The molecule has 0 spiro atoms. The molecule has 1 N–H and O–H groups in total. The normalized spacial score (nSPS) is 16.4. The van der Waals surface area contributed by atoms with Gasteiger partial charge >= 0.3 is 6.03 Å². The molecule has 0 bridgehead atoms. The van der Waals surface area contributed by atoms with Gasteiger partial charge in [-0.1, -0.05) is 28.1 Å². The van der Waals surface area contributed by atoms with Crippen molar-refractivity contribution in [1.29, 1.82) is 0 Å². The molecule has 20 heavy (non-hydrogen) atoms. The van der Waals surface area contributed by atoms with Crippen molar-refractivity contribution in [3.8, 4) is 0 Å². The summed E-state index contributed by atoms with van der Waals surface area (Å²) in [5, 5.41) is 2.64. The quantitative estimate of drug-likeness (QED) is 0.910. The minimum atomic E-state index is -0.331. The summed E-state index contributed by atoms with van der Waals surface area (Å²) in [5.41, 5.74) is 1.13. The molecule has 6 heteroatoms. The molecule has 1 fully saturated rings. The van der Waals surface area contributed by atoms with Gasteiger partial charge in [0.15, 0.2) is 0 Å². The predicted molar refractivity (Wildman–Crippen MR) is 80.2 cm³/mol. The van der Waals surface area contributed by atoms with Crippen LogP contribution in [0.5, 0.6) is 0 Å². The summed E-state index contributed by atoms with van der Waals surface area (Å²) in [6.45, 7) is 3.48. The first-order chi connectivity index (χ1) is 9.49. The summed E-state index contributed by atoms with van der Waals surface area (Å²) in [6, 6.07) is 7.36. The molecule has 1 saturated heterocycles. The smallest absolute Gasteiger partial charge is 0.324 e. The lowest BCUT2D eigenvalue weighted by Crippen LogP contribution is -2.46. The van der Waals surface area contributed by atoms with Gasteiger partial charge in [-0.3, -0.25) is 14.6 Å². The lowest BCUT2D eigenvalue weighted by Gasteiger charge is -2.26. The van der Waals surface area contributed by atoms with Crippen LogP contribution in [-0.2, 0) is 11.3 Å². The molecular weight excluding hydrogens is 322 g/mol. The highest BCUT2D eigenvalue weighted by atomic mass is 79.9. The number of imide groups is 1. The van der Waals surface area contributed by atoms with E-state index in [1.807, 2.05) is 43.1 Å². The Labute approximate surface area is 127 Å². The van der Waals surface area contributed by atoms with Gasteiger partial charge in [0, 0.05) is 24.1 Å². The molecule has 2 rings (SSSR count). The molecule has 108 valence electrons. The largest absolute Gasteiger partial charge is 0.336 e. The van der Waals surface area contributed by atoms with Crippen LogP contribution in [0.4, 0.5) is 4.79 Å². The maximum Gasteiger partial charge on any atom is 0.324 e. The molecule has 1 aromatic carbocycles.